The number of amides is 1. The molecule has 0 saturated heterocycles. The van der Waals surface area contributed by atoms with E-state index in [-0.39, 0.29) is 19.1 Å². The number of rotatable bonds is 56. The second kappa shape index (κ2) is 51.9. The molecule has 3 unspecified atom stereocenters. The third-order valence-corrected chi connectivity index (χ3v) is 14.9. The second-order valence-electron chi connectivity index (χ2n) is 22.1. The molecule has 69 heavy (non-hydrogen) atoms. The van der Waals surface area contributed by atoms with Crippen molar-refractivity contribution in [2.75, 3.05) is 40.9 Å². The average Bonchev–Trinajstić information content (AvgIpc) is 3.31. The molecule has 0 aromatic heterocycles. The Labute approximate surface area is 430 Å². The van der Waals surface area contributed by atoms with Gasteiger partial charge in [0, 0.05) is 6.42 Å². The summed E-state index contributed by atoms with van der Waals surface area (Å²) in [5.74, 6) is -0.200. The number of aliphatic hydroxyl groups excluding tert-OH is 1. The number of unbranched alkanes of at least 4 members (excludes halogenated alkanes) is 41. The van der Waals surface area contributed by atoms with E-state index in [9.17, 15) is 19.4 Å². The van der Waals surface area contributed by atoms with Crippen LogP contribution in [0, 0.1) is 0 Å². The first-order valence-corrected chi connectivity index (χ1v) is 31.7. The van der Waals surface area contributed by atoms with E-state index in [1.54, 1.807) is 6.08 Å². The number of nitrogens with zero attached hydrogens (tertiary/aromatic N) is 1. The Hall–Kier alpha value is -1.02. The van der Waals surface area contributed by atoms with Crippen LogP contribution in [-0.2, 0) is 18.4 Å². The molecule has 0 saturated carbocycles. The van der Waals surface area contributed by atoms with Crippen molar-refractivity contribution in [3.63, 3.8) is 0 Å². The molecule has 1 amide bonds. The average molecular weight is 996 g/mol. The molecule has 410 valence electrons. The predicted octanol–water partition coefficient (Wildman–Crippen LogP) is 17.7. The zero-order chi connectivity index (χ0) is 50.6. The Morgan fingerprint density at radius 3 is 1.17 bits per heavy atom. The number of likely N-dealkylation sites (N-methyl/N-ethyl adjacent to an activating group) is 1. The third-order valence-electron chi connectivity index (χ3n) is 13.9. The molecule has 0 radical (unpaired) electrons. The fraction of sp³-hybridized carbons (Fsp3) is 0.917. The maximum Gasteiger partial charge on any atom is 0.268 e. The van der Waals surface area contributed by atoms with E-state index in [0.29, 0.717) is 17.4 Å². The van der Waals surface area contributed by atoms with Crippen LogP contribution in [-0.4, -0.2) is 68.5 Å². The lowest BCUT2D eigenvalue weighted by molar-refractivity contribution is -0.870. The second-order valence-corrected chi connectivity index (χ2v) is 23.5. The zero-order valence-electron chi connectivity index (χ0n) is 46.8. The largest absolute Gasteiger partial charge is 0.756 e. The number of hydrogen-bond donors (Lipinski definition) is 2. The van der Waals surface area contributed by atoms with Crippen LogP contribution >= 0.6 is 7.82 Å². The molecule has 0 heterocycles. The van der Waals surface area contributed by atoms with Gasteiger partial charge in [0.05, 0.1) is 39.9 Å². The van der Waals surface area contributed by atoms with Crippen molar-refractivity contribution in [3.05, 3.63) is 24.3 Å². The van der Waals surface area contributed by atoms with Crippen molar-refractivity contribution >= 4 is 13.7 Å². The summed E-state index contributed by atoms with van der Waals surface area (Å²) in [6.45, 7) is 4.68. The topological polar surface area (TPSA) is 108 Å². The van der Waals surface area contributed by atoms with Crippen LogP contribution in [0.2, 0.25) is 0 Å². The van der Waals surface area contributed by atoms with Crippen molar-refractivity contribution in [1.29, 1.82) is 0 Å². The Morgan fingerprint density at radius 2 is 0.812 bits per heavy atom. The number of phosphoric acid groups is 1. The molecule has 0 aromatic rings. The highest BCUT2D eigenvalue weighted by Crippen LogP contribution is 2.38. The van der Waals surface area contributed by atoms with Gasteiger partial charge in [-0.3, -0.25) is 9.36 Å². The number of aliphatic hydroxyl groups is 1. The Morgan fingerprint density at radius 1 is 0.493 bits per heavy atom. The molecular formula is C60H119N2O6P. The molecule has 0 bridgehead atoms. The van der Waals surface area contributed by atoms with E-state index in [0.717, 1.165) is 38.5 Å². The number of carbonyl (C=O) groups excluding carboxylic acids is 1. The van der Waals surface area contributed by atoms with E-state index in [1.807, 2.05) is 27.2 Å². The highest BCUT2D eigenvalue weighted by atomic mass is 31.2. The molecule has 0 fully saturated rings. The summed E-state index contributed by atoms with van der Waals surface area (Å²) in [6.07, 6.45) is 65.5. The molecule has 0 aliphatic heterocycles. The van der Waals surface area contributed by atoms with Crippen LogP contribution in [0.3, 0.4) is 0 Å². The third kappa shape index (κ3) is 54.6. The smallest absolute Gasteiger partial charge is 0.268 e. The number of quaternary nitrogens is 1. The van der Waals surface area contributed by atoms with Gasteiger partial charge >= 0.3 is 0 Å². The fourth-order valence-corrected chi connectivity index (χ4v) is 9.90. The van der Waals surface area contributed by atoms with Crippen LogP contribution < -0.4 is 10.2 Å². The van der Waals surface area contributed by atoms with Crippen LogP contribution in [0.5, 0.6) is 0 Å². The van der Waals surface area contributed by atoms with Crippen LogP contribution in [0.15, 0.2) is 24.3 Å². The normalized spacial score (nSPS) is 14.0. The minimum Gasteiger partial charge on any atom is -0.756 e. The van der Waals surface area contributed by atoms with Gasteiger partial charge in [-0.05, 0) is 32.1 Å². The molecule has 8 nitrogen and oxygen atoms in total. The van der Waals surface area contributed by atoms with Gasteiger partial charge in [0.1, 0.15) is 13.2 Å². The minimum atomic E-state index is -4.60. The summed E-state index contributed by atoms with van der Waals surface area (Å²) >= 11 is 0. The summed E-state index contributed by atoms with van der Waals surface area (Å²) < 4.78 is 23.4. The van der Waals surface area contributed by atoms with Gasteiger partial charge in [0.2, 0.25) is 5.91 Å². The first kappa shape index (κ1) is 68.0. The van der Waals surface area contributed by atoms with Gasteiger partial charge in [0.25, 0.3) is 7.82 Å². The highest BCUT2D eigenvalue weighted by molar-refractivity contribution is 7.45. The van der Waals surface area contributed by atoms with Gasteiger partial charge in [-0.1, -0.05) is 289 Å². The van der Waals surface area contributed by atoms with Gasteiger partial charge in [-0.2, -0.15) is 0 Å². The number of nitrogens with one attached hydrogen (secondary N) is 1. The highest BCUT2D eigenvalue weighted by Gasteiger charge is 2.23. The first-order valence-electron chi connectivity index (χ1n) is 30.2. The van der Waals surface area contributed by atoms with Crippen LogP contribution in [0.25, 0.3) is 0 Å². The number of carbonyl (C=O) groups is 1. The standard InChI is InChI=1S/C60H119N2O6P/c1-6-8-10-12-14-16-18-20-22-24-26-28-30-31-32-33-35-37-39-41-43-45-47-49-51-53-59(63)58(57-68-69(65,66)67-56-55-62(3,4)5)61-60(64)54-52-50-48-46-44-42-40-38-36-34-29-27-25-23-21-19-17-15-13-11-9-7-2/h43,45,51,53,58-59,63H,6-42,44,46-50,52,54-57H2,1-5H3,(H-,61,64,65,66)/b45-43+,53-51+. The lowest BCUT2D eigenvalue weighted by Crippen LogP contribution is -2.45. The molecule has 0 aliphatic carbocycles. The van der Waals surface area contributed by atoms with E-state index >= 15 is 0 Å². The molecular weight excluding hydrogens is 876 g/mol. The van der Waals surface area contributed by atoms with Gasteiger partial charge in [-0.25, -0.2) is 0 Å². The molecule has 3 atom stereocenters. The van der Waals surface area contributed by atoms with E-state index < -0.39 is 20.0 Å². The van der Waals surface area contributed by atoms with E-state index in [1.165, 1.54) is 244 Å². The molecule has 0 rings (SSSR count). The van der Waals surface area contributed by atoms with Gasteiger partial charge in [-0.15, -0.1) is 0 Å². The van der Waals surface area contributed by atoms with Crippen molar-refractivity contribution < 1.29 is 32.9 Å². The van der Waals surface area contributed by atoms with Crippen molar-refractivity contribution in [2.24, 2.45) is 0 Å². The number of phosphoric ester groups is 1. The Bertz CT molecular complexity index is 1170. The van der Waals surface area contributed by atoms with Crippen molar-refractivity contribution in [2.45, 2.75) is 315 Å². The molecule has 0 aliphatic rings. The Kier molecular flexibility index (Phi) is 51.1. The van der Waals surface area contributed by atoms with Gasteiger partial charge in [0.15, 0.2) is 0 Å². The summed E-state index contributed by atoms with van der Waals surface area (Å²) in [5.41, 5.74) is 0. The number of hydrogen-bond acceptors (Lipinski definition) is 6. The molecule has 0 spiro atoms. The molecule has 9 heteroatoms. The van der Waals surface area contributed by atoms with Crippen molar-refractivity contribution in [1.82, 2.24) is 5.32 Å². The summed E-state index contributed by atoms with van der Waals surface area (Å²) in [4.78, 5) is 25.5. The number of allylic oxidation sites excluding steroid dienone is 3. The monoisotopic (exact) mass is 995 g/mol. The zero-order valence-corrected chi connectivity index (χ0v) is 47.7. The maximum absolute atomic E-state index is 13.0. The summed E-state index contributed by atoms with van der Waals surface area (Å²) in [5, 5.41) is 13.9. The first-order chi connectivity index (χ1) is 33.5. The maximum atomic E-state index is 13.0. The summed E-state index contributed by atoms with van der Waals surface area (Å²) in [7, 11) is 1.26. The van der Waals surface area contributed by atoms with Crippen LogP contribution in [0.4, 0.5) is 0 Å². The van der Waals surface area contributed by atoms with Crippen molar-refractivity contribution in [3.8, 4) is 0 Å². The minimum absolute atomic E-state index is 0.00362. The van der Waals surface area contributed by atoms with Gasteiger partial charge < -0.3 is 28.8 Å². The predicted molar refractivity (Wildman–Crippen MR) is 298 cm³/mol. The lowest BCUT2D eigenvalue weighted by atomic mass is 10.0. The Balaban J connectivity index is 4.20. The van der Waals surface area contributed by atoms with E-state index in [2.05, 4.69) is 31.3 Å². The molecule has 2 N–H and O–H groups in total. The van der Waals surface area contributed by atoms with E-state index in [4.69, 9.17) is 9.05 Å². The summed E-state index contributed by atoms with van der Waals surface area (Å²) in [6, 6.07) is -0.900. The fourth-order valence-electron chi connectivity index (χ4n) is 9.17. The molecule has 0 aromatic carbocycles. The lowest BCUT2D eigenvalue weighted by Gasteiger charge is -2.29. The quantitative estimate of drug-likeness (QED) is 0.0272. The SMILES string of the molecule is CCCCCCCCCCCCCCCCCCCCC/C=C/CC/C=C/C(O)C(COP(=O)([O-])OCC[N+](C)(C)C)NC(=O)CCCCCCCCCCCCCCCCCCCCCCCC. The van der Waals surface area contributed by atoms with Crippen LogP contribution in [0.1, 0.15) is 303 Å².